The molecule has 3 rings (SSSR count). The molecule has 0 saturated heterocycles. The third-order valence-corrected chi connectivity index (χ3v) is 3.47. The van der Waals surface area contributed by atoms with Crippen LogP contribution < -0.4 is 0 Å². The van der Waals surface area contributed by atoms with Crippen molar-refractivity contribution in [1.29, 1.82) is 0 Å². The molecule has 6 nitrogen and oxygen atoms in total. The number of benzene rings is 3. The number of hydrogen-bond donors (Lipinski definition) is 0. The molecule has 0 atom stereocenters. The Morgan fingerprint density at radius 1 is 0.682 bits per heavy atom. The van der Waals surface area contributed by atoms with Gasteiger partial charge in [-0.05, 0) is 16.8 Å². The molecule has 0 amide bonds. The average molecular weight is 294 g/mol. The van der Waals surface area contributed by atoms with Crippen LogP contribution in [0.15, 0.2) is 60.7 Å². The lowest BCUT2D eigenvalue weighted by Gasteiger charge is -2.08. The van der Waals surface area contributed by atoms with Crippen LogP contribution in [-0.4, -0.2) is 9.85 Å². The predicted molar refractivity (Wildman–Crippen MR) is 82.7 cm³/mol. The number of nitrogens with zero attached hydrogens (tertiary/aromatic N) is 2. The molecule has 0 heterocycles. The highest BCUT2D eigenvalue weighted by molar-refractivity contribution is 6.01. The maximum absolute atomic E-state index is 11.3. The van der Waals surface area contributed by atoms with Crippen LogP contribution in [0.25, 0.3) is 21.9 Å². The van der Waals surface area contributed by atoms with E-state index < -0.39 is 9.85 Å². The lowest BCUT2D eigenvalue weighted by Crippen LogP contribution is -1.98. The highest BCUT2D eigenvalue weighted by Crippen LogP contribution is 2.40. The van der Waals surface area contributed by atoms with Gasteiger partial charge < -0.3 is 0 Å². The lowest BCUT2D eigenvalue weighted by atomic mass is 9.96. The minimum Gasteiger partial charge on any atom is -0.258 e. The van der Waals surface area contributed by atoms with Gasteiger partial charge in [-0.2, -0.15) is 0 Å². The molecule has 0 fully saturated rings. The Morgan fingerprint density at radius 2 is 1.23 bits per heavy atom. The standard InChI is InChI=1S/C16H10N2O4/c19-17(20)14-9-4-10-15(18(21)22)16(14)13-8-3-6-11-5-1-2-7-12(11)13/h1-10H. The molecular weight excluding hydrogens is 284 g/mol. The van der Waals surface area contributed by atoms with E-state index in [1.807, 2.05) is 18.2 Å². The minimum absolute atomic E-state index is 0.0364. The van der Waals surface area contributed by atoms with Gasteiger partial charge in [0.2, 0.25) is 0 Å². The van der Waals surface area contributed by atoms with Gasteiger partial charge >= 0.3 is 0 Å². The summed E-state index contributed by atoms with van der Waals surface area (Å²) in [6.07, 6.45) is 0. The predicted octanol–water partition coefficient (Wildman–Crippen LogP) is 4.32. The summed E-state index contributed by atoms with van der Waals surface area (Å²) in [7, 11) is 0. The lowest BCUT2D eigenvalue weighted by molar-refractivity contribution is -0.392. The summed E-state index contributed by atoms with van der Waals surface area (Å²) in [6.45, 7) is 0. The zero-order valence-corrected chi connectivity index (χ0v) is 11.3. The Kier molecular flexibility index (Phi) is 3.27. The number of hydrogen-bond acceptors (Lipinski definition) is 4. The fourth-order valence-corrected chi connectivity index (χ4v) is 2.55. The molecule has 0 aliphatic carbocycles. The van der Waals surface area contributed by atoms with Crippen molar-refractivity contribution in [1.82, 2.24) is 0 Å². The molecule has 0 bridgehead atoms. The maximum atomic E-state index is 11.3. The van der Waals surface area contributed by atoms with E-state index in [1.165, 1.54) is 18.2 Å². The van der Waals surface area contributed by atoms with Gasteiger partial charge in [0.05, 0.1) is 9.85 Å². The summed E-state index contributed by atoms with van der Waals surface area (Å²) in [6, 6.07) is 16.4. The van der Waals surface area contributed by atoms with Gasteiger partial charge in [0.15, 0.2) is 0 Å². The van der Waals surface area contributed by atoms with Crippen LogP contribution in [-0.2, 0) is 0 Å². The molecule has 3 aromatic carbocycles. The van der Waals surface area contributed by atoms with Crippen LogP contribution in [0.4, 0.5) is 11.4 Å². The van der Waals surface area contributed by atoms with Gasteiger partial charge in [-0.1, -0.05) is 42.5 Å². The van der Waals surface area contributed by atoms with Crippen molar-refractivity contribution in [3.63, 3.8) is 0 Å². The number of fused-ring (bicyclic) bond motifs is 1. The van der Waals surface area contributed by atoms with Gasteiger partial charge in [0.25, 0.3) is 11.4 Å². The van der Waals surface area contributed by atoms with Crippen LogP contribution in [0.2, 0.25) is 0 Å². The SMILES string of the molecule is O=[N+]([O-])c1cccc([N+](=O)[O-])c1-c1cccc2ccccc12. The molecule has 0 spiro atoms. The van der Waals surface area contributed by atoms with Crippen LogP contribution in [0, 0.1) is 20.2 Å². The highest BCUT2D eigenvalue weighted by Gasteiger charge is 2.26. The van der Waals surface area contributed by atoms with E-state index in [2.05, 4.69) is 0 Å². The quantitative estimate of drug-likeness (QED) is 0.531. The van der Waals surface area contributed by atoms with E-state index in [1.54, 1.807) is 24.3 Å². The van der Waals surface area contributed by atoms with Gasteiger partial charge in [0.1, 0.15) is 5.56 Å². The Hall–Kier alpha value is -3.28. The van der Waals surface area contributed by atoms with E-state index in [4.69, 9.17) is 0 Å². The van der Waals surface area contributed by atoms with Crippen LogP contribution in [0.3, 0.4) is 0 Å². The Bertz CT molecular complexity index is 868. The van der Waals surface area contributed by atoms with Crippen LogP contribution >= 0.6 is 0 Å². The molecule has 0 radical (unpaired) electrons. The first-order chi connectivity index (χ1) is 10.6. The highest BCUT2D eigenvalue weighted by atomic mass is 16.6. The number of nitro groups is 2. The summed E-state index contributed by atoms with van der Waals surface area (Å²) in [5.74, 6) is 0. The van der Waals surface area contributed by atoms with Crippen molar-refractivity contribution >= 4 is 22.1 Å². The molecule has 0 aromatic heterocycles. The second-order valence-corrected chi connectivity index (χ2v) is 4.71. The van der Waals surface area contributed by atoms with E-state index in [9.17, 15) is 20.2 Å². The second-order valence-electron chi connectivity index (χ2n) is 4.71. The molecule has 0 saturated carbocycles. The summed E-state index contributed by atoms with van der Waals surface area (Å²) in [5.41, 5.74) is -0.0255. The smallest absolute Gasteiger partial charge is 0.258 e. The minimum atomic E-state index is -0.593. The molecule has 22 heavy (non-hydrogen) atoms. The third-order valence-electron chi connectivity index (χ3n) is 3.47. The fraction of sp³-hybridized carbons (Fsp3) is 0. The number of rotatable bonds is 3. The first kappa shape index (κ1) is 13.7. The van der Waals surface area contributed by atoms with E-state index in [0.717, 1.165) is 10.8 Å². The first-order valence-electron chi connectivity index (χ1n) is 6.49. The van der Waals surface area contributed by atoms with Crippen molar-refractivity contribution in [2.24, 2.45) is 0 Å². The van der Waals surface area contributed by atoms with Gasteiger partial charge in [-0.3, -0.25) is 20.2 Å². The summed E-state index contributed by atoms with van der Waals surface area (Å²) >= 11 is 0. The Balaban J connectivity index is 2.44. The van der Waals surface area contributed by atoms with Crippen molar-refractivity contribution in [2.45, 2.75) is 0 Å². The maximum Gasteiger partial charge on any atom is 0.284 e. The van der Waals surface area contributed by atoms with Crippen molar-refractivity contribution < 1.29 is 9.85 Å². The molecule has 0 unspecified atom stereocenters. The van der Waals surface area contributed by atoms with Gasteiger partial charge in [0, 0.05) is 17.7 Å². The second kappa shape index (κ2) is 5.25. The van der Waals surface area contributed by atoms with Gasteiger partial charge in [-0.15, -0.1) is 0 Å². The zero-order chi connectivity index (χ0) is 15.7. The normalized spacial score (nSPS) is 10.5. The third kappa shape index (κ3) is 2.16. The summed E-state index contributed by atoms with van der Waals surface area (Å²) < 4.78 is 0. The van der Waals surface area contributed by atoms with Crippen molar-refractivity contribution in [3.05, 3.63) is 80.9 Å². The summed E-state index contributed by atoms with van der Waals surface area (Å²) in [4.78, 5) is 21.4. The Labute approximate surface area is 124 Å². The molecule has 108 valence electrons. The monoisotopic (exact) mass is 294 g/mol. The molecule has 0 aliphatic heterocycles. The molecule has 0 N–H and O–H groups in total. The van der Waals surface area contributed by atoms with E-state index in [-0.39, 0.29) is 16.9 Å². The van der Waals surface area contributed by atoms with Crippen molar-refractivity contribution in [2.75, 3.05) is 0 Å². The van der Waals surface area contributed by atoms with Crippen molar-refractivity contribution in [3.8, 4) is 11.1 Å². The topological polar surface area (TPSA) is 86.3 Å². The molecule has 0 aliphatic rings. The molecular formula is C16H10N2O4. The largest absolute Gasteiger partial charge is 0.284 e. The molecule has 6 heteroatoms. The number of nitro benzene ring substituents is 2. The summed E-state index contributed by atoms with van der Waals surface area (Å²) in [5, 5.41) is 24.2. The van der Waals surface area contributed by atoms with E-state index in [0.29, 0.717) is 5.56 Å². The zero-order valence-electron chi connectivity index (χ0n) is 11.3. The first-order valence-corrected chi connectivity index (χ1v) is 6.49. The van der Waals surface area contributed by atoms with Gasteiger partial charge in [-0.25, -0.2) is 0 Å². The van der Waals surface area contributed by atoms with Crippen LogP contribution in [0.1, 0.15) is 0 Å². The van der Waals surface area contributed by atoms with Crippen LogP contribution in [0.5, 0.6) is 0 Å². The fourth-order valence-electron chi connectivity index (χ4n) is 2.55. The molecule has 3 aromatic rings. The Morgan fingerprint density at radius 3 is 1.86 bits per heavy atom. The average Bonchev–Trinajstić information content (AvgIpc) is 2.53. The van der Waals surface area contributed by atoms with E-state index >= 15 is 0 Å².